The van der Waals surface area contributed by atoms with Gasteiger partial charge in [-0.1, -0.05) is 18.2 Å². The molecule has 0 radical (unpaired) electrons. The van der Waals surface area contributed by atoms with Crippen molar-refractivity contribution in [2.45, 2.75) is 6.54 Å². The molecule has 0 atom stereocenters. The Labute approximate surface area is 110 Å². The predicted molar refractivity (Wildman–Crippen MR) is 71.3 cm³/mol. The summed E-state index contributed by atoms with van der Waals surface area (Å²) >= 11 is 0. The van der Waals surface area contributed by atoms with Crippen LogP contribution in [0.5, 0.6) is 0 Å². The van der Waals surface area contributed by atoms with Gasteiger partial charge in [-0.05, 0) is 30.3 Å². The van der Waals surface area contributed by atoms with E-state index in [1.807, 2.05) is 0 Å². The van der Waals surface area contributed by atoms with Gasteiger partial charge < -0.3 is 5.32 Å². The molecule has 0 saturated heterocycles. The van der Waals surface area contributed by atoms with E-state index < -0.39 is 4.92 Å². The van der Waals surface area contributed by atoms with Crippen molar-refractivity contribution < 1.29 is 9.31 Å². The molecule has 0 aliphatic heterocycles. The quantitative estimate of drug-likeness (QED) is 0.678. The van der Waals surface area contributed by atoms with Crippen LogP contribution >= 0.6 is 0 Å². The Kier molecular flexibility index (Phi) is 3.87. The average Bonchev–Trinajstić information content (AvgIpc) is 2.41. The van der Waals surface area contributed by atoms with Crippen molar-refractivity contribution in [1.82, 2.24) is 5.32 Å². The standard InChI is InChI=1S/C14H13FN2O2/c1-16-9-10-5-6-14(15)13(7-10)11-3-2-4-12(8-11)17(18)19/h2-8,16H,9H2,1H3. The molecule has 0 saturated carbocycles. The largest absolute Gasteiger partial charge is 0.316 e. The minimum absolute atomic E-state index is 0.0454. The summed E-state index contributed by atoms with van der Waals surface area (Å²) in [4.78, 5) is 10.3. The summed E-state index contributed by atoms with van der Waals surface area (Å²) in [6, 6.07) is 10.7. The Morgan fingerprint density at radius 1 is 1.26 bits per heavy atom. The molecular formula is C14H13FN2O2. The highest BCUT2D eigenvalue weighted by Crippen LogP contribution is 2.27. The average molecular weight is 260 g/mol. The normalized spacial score (nSPS) is 10.4. The third kappa shape index (κ3) is 2.95. The van der Waals surface area contributed by atoms with Gasteiger partial charge in [0.25, 0.3) is 5.69 Å². The summed E-state index contributed by atoms with van der Waals surface area (Å²) in [6.45, 7) is 0.613. The highest BCUT2D eigenvalue weighted by atomic mass is 19.1. The Hall–Kier alpha value is -2.27. The van der Waals surface area contributed by atoms with Crippen LogP contribution in [0.15, 0.2) is 42.5 Å². The van der Waals surface area contributed by atoms with Crippen LogP contribution in [-0.2, 0) is 6.54 Å². The molecule has 1 N–H and O–H groups in total. The van der Waals surface area contributed by atoms with Gasteiger partial charge in [0.05, 0.1) is 4.92 Å². The van der Waals surface area contributed by atoms with E-state index in [1.54, 1.807) is 31.3 Å². The summed E-state index contributed by atoms with van der Waals surface area (Å²) < 4.78 is 13.8. The number of nitrogens with one attached hydrogen (secondary N) is 1. The number of rotatable bonds is 4. The Morgan fingerprint density at radius 3 is 2.74 bits per heavy atom. The van der Waals surface area contributed by atoms with Gasteiger partial charge in [-0.2, -0.15) is 0 Å². The van der Waals surface area contributed by atoms with E-state index >= 15 is 0 Å². The van der Waals surface area contributed by atoms with Crippen LogP contribution in [0.4, 0.5) is 10.1 Å². The van der Waals surface area contributed by atoms with Crippen molar-refractivity contribution in [2.24, 2.45) is 0 Å². The van der Waals surface area contributed by atoms with E-state index in [1.165, 1.54) is 18.2 Å². The molecule has 0 bridgehead atoms. The van der Waals surface area contributed by atoms with Gasteiger partial charge in [0.2, 0.25) is 0 Å². The molecule has 2 aromatic rings. The molecule has 98 valence electrons. The van der Waals surface area contributed by atoms with Crippen molar-refractivity contribution in [3.63, 3.8) is 0 Å². The van der Waals surface area contributed by atoms with Crippen LogP contribution in [0.25, 0.3) is 11.1 Å². The van der Waals surface area contributed by atoms with Gasteiger partial charge in [0, 0.05) is 24.2 Å². The van der Waals surface area contributed by atoms with Crippen molar-refractivity contribution in [2.75, 3.05) is 7.05 Å². The van der Waals surface area contributed by atoms with Gasteiger partial charge in [-0.15, -0.1) is 0 Å². The molecule has 0 aliphatic rings. The van der Waals surface area contributed by atoms with Crippen molar-refractivity contribution in [3.8, 4) is 11.1 Å². The van der Waals surface area contributed by atoms with Gasteiger partial charge in [0.1, 0.15) is 5.82 Å². The monoisotopic (exact) mass is 260 g/mol. The van der Waals surface area contributed by atoms with Gasteiger partial charge in [-0.3, -0.25) is 10.1 Å². The third-order valence-electron chi connectivity index (χ3n) is 2.78. The summed E-state index contributed by atoms with van der Waals surface area (Å²) in [7, 11) is 1.80. The second kappa shape index (κ2) is 5.58. The minimum atomic E-state index is -0.487. The molecule has 2 rings (SSSR count). The van der Waals surface area contributed by atoms with Gasteiger partial charge >= 0.3 is 0 Å². The molecule has 0 fully saturated rings. The van der Waals surface area contributed by atoms with Gasteiger partial charge in [-0.25, -0.2) is 4.39 Å². The molecular weight excluding hydrogens is 247 g/mol. The predicted octanol–water partition coefficient (Wildman–Crippen LogP) is 3.12. The van der Waals surface area contributed by atoms with E-state index in [2.05, 4.69) is 5.32 Å². The fourth-order valence-corrected chi connectivity index (χ4v) is 1.89. The smallest absolute Gasteiger partial charge is 0.270 e. The lowest BCUT2D eigenvalue weighted by Gasteiger charge is -2.07. The summed E-state index contributed by atoms with van der Waals surface area (Å²) in [5.41, 5.74) is 1.75. The maximum absolute atomic E-state index is 13.8. The lowest BCUT2D eigenvalue weighted by molar-refractivity contribution is -0.384. The number of halogens is 1. The van der Waals surface area contributed by atoms with E-state index in [0.29, 0.717) is 17.7 Å². The molecule has 0 aliphatic carbocycles. The highest BCUT2D eigenvalue weighted by Gasteiger charge is 2.10. The summed E-state index contributed by atoms with van der Waals surface area (Å²) in [6.07, 6.45) is 0. The van der Waals surface area contributed by atoms with E-state index in [0.717, 1.165) is 5.56 Å². The molecule has 0 unspecified atom stereocenters. The first-order chi connectivity index (χ1) is 9.11. The molecule has 5 heteroatoms. The number of hydrogen-bond acceptors (Lipinski definition) is 3. The summed E-state index contributed by atoms with van der Waals surface area (Å²) in [5.74, 6) is -0.389. The van der Waals surface area contributed by atoms with Crippen LogP contribution in [0, 0.1) is 15.9 Å². The van der Waals surface area contributed by atoms with Gasteiger partial charge in [0.15, 0.2) is 0 Å². The number of nitro benzene ring substituents is 1. The Morgan fingerprint density at radius 2 is 2.05 bits per heavy atom. The second-order valence-electron chi connectivity index (χ2n) is 4.15. The number of non-ortho nitro benzene ring substituents is 1. The first-order valence-electron chi connectivity index (χ1n) is 5.79. The number of nitrogens with zero attached hydrogens (tertiary/aromatic N) is 1. The molecule has 0 aromatic heterocycles. The van der Waals surface area contributed by atoms with E-state index in [9.17, 15) is 14.5 Å². The van der Waals surface area contributed by atoms with Crippen molar-refractivity contribution in [3.05, 3.63) is 64.0 Å². The lowest BCUT2D eigenvalue weighted by Crippen LogP contribution is -2.05. The lowest BCUT2D eigenvalue weighted by atomic mass is 10.0. The molecule has 0 spiro atoms. The maximum atomic E-state index is 13.8. The van der Waals surface area contributed by atoms with Crippen molar-refractivity contribution in [1.29, 1.82) is 0 Å². The first-order valence-corrected chi connectivity index (χ1v) is 5.79. The zero-order chi connectivity index (χ0) is 13.8. The Balaban J connectivity index is 2.48. The SMILES string of the molecule is CNCc1ccc(F)c(-c2cccc([N+](=O)[O-])c2)c1. The molecule has 0 amide bonds. The number of nitro groups is 1. The van der Waals surface area contributed by atoms with Crippen LogP contribution in [0.1, 0.15) is 5.56 Å². The molecule has 4 nitrogen and oxygen atoms in total. The summed E-state index contributed by atoms with van der Waals surface area (Å²) in [5, 5.41) is 13.7. The van der Waals surface area contributed by atoms with Crippen LogP contribution < -0.4 is 5.32 Å². The molecule has 19 heavy (non-hydrogen) atoms. The molecule has 2 aromatic carbocycles. The fraction of sp³-hybridized carbons (Fsp3) is 0.143. The number of hydrogen-bond donors (Lipinski definition) is 1. The fourth-order valence-electron chi connectivity index (χ4n) is 1.89. The maximum Gasteiger partial charge on any atom is 0.270 e. The zero-order valence-electron chi connectivity index (χ0n) is 10.4. The number of benzene rings is 2. The van der Waals surface area contributed by atoms with E-state index in [4.69, 9.17) is 0 Å². The topological polar surface area (TPSA) is 55.2 Å². The first kappa shape index (κ1) is 13.2. The van der Waals surface area contributed by atoms with Crippen LogP contribution in [0.3, 0.4) is 0 Å². The minimum Gasteiger partial charge on any atom is -0.316 e. The zero-order valence-corrected chi connectivity index (χ0v) is 10.4. The van der Waals surface area contributed by atoms with Crippen molar-refractivity contribution >= 4 is 5.69 Å². The van der Waals surface area contributed by atoms with Crippen LogP contribution in [-0.4, -0.2) is 12.0 Å². The van der Waals surface area contributed by atoms with E-state index in [-0.39, 0.29) is 11.5 Å². The Bertz CT molecular complexity index is 614. The van der Waals surface area contributed by atoms with Crippen LogP contribution in [0.2, 0.25) is 0 Å². The third-order valence-corrected chi connectivity index (χ3v) is 2.78. The molecule has 0 heterocycles. The highest BCUT2D eigenvalue weighted by molar-refractivity contribution is 5.67. The second-order valence-corrected chi connectivity index (χ2v) is 4.15.